The standard InChI is InChI=1S/C24H22N6O6/c1-26-19(31)15(20(32)27(2)23(26)35)13-14-9-6-8-12-30(14)18(16-10-5-7-11-25-16)17-21(33)28(3)24(36)29(4)22(17)34/h5-13,18H,1-4H3/p+1. The minimum atomic E-state index is -1.05. The van der Waals surface area contributed by atoms with Crippen molar-refractivity contribution in [3.05, 3.63) is 92.2 Å². The van der Waals surface area contributed by atoms with Crippen molar-refractivity contribution < 1.29 is 24.1 Å². The molecule has 1 atom stereocenters. The largest absolute Gasteiger partial charge is 0.494 e. The van der Waals surface area contributed by atoms with Crippen molar-refractivity contribution in [1.29, 1.82) is 0 Å². The summed E-state index contributed by atoms with van der Waals surface area (Å²) >= 11 is 0. The number of hydrogen-bond acceptors (Lipinski definition) is 7. The Labute approximate surface area is 204 Å². The summed E-state index contributed by atoms with van der Waals surface area (Å²) in [5.74, 6) is -2.12. The Morgan fingerprint density at radius 2 is 1.53 bits per heavy atom. The Morgan fingerprint density at radius 1 is 0.889 bits per heavy atom. The highest BCUT2D eigenvalue weighted by Gasteiger charge is 2.40. The molecular weight excluding hydrogens is 468 g/mol. The average molecular weight is 491 g/mol. The van der Waals surface area contributed by atoms with Crippen LogP contribution in [0.3, 0.4) is 0 Å². The summed E-state index contributed by atoms with van der Waals surface area (Å²) in [6.45, 7) is 0. The van der Waals surface area contributed by atoms with Gasteiger partial charge in [-0.2, -0.15) is 4.57 Å². The van der Waals surface area contributed by atoms with Crippen molar-refractivity contribution in [2.24, 2.45) is 14.1 Å². The normalized spacial score (nSPS) is 14.9. The molecule has 12 nitrogen and oxygen atoms in total. The van der Waals surface area contributed by atoms with E-state index in [1.54, 1.807) is 47.2 Å². The van der Waals surface area contributed by atoms with Crippen molar-refractivity contribution in [2.75, 3.05) is 14.1 Å². The van der Waals surface area contributed by atoms with Crippen LogP contribution in [0.2, 0.25) is 0 Å². The van der Waals surface area contributed by atoms with Gasteiger partial charge in [-0.25, -0.2) is 9.59 Å². The van der Waals surface area contributed by atoms with E-state index in [2.05, 4.69) is 4.98 Å². The molecule has 1 saturated heterocycles. The number of amides is 4. The molecule has 0 saturated carbocycles. The predicted molar refractivity (Wildman–Crippen MR) is 126 cm³/mol. The molecule has 36 heavy (non-hydrogen) atoms. The summed E-state index contributed by atoms with van der Waals surface area (Å²) in [6.07, 6.45) is 4.41. The highest BCUT2D eigenvalue weighted by molar-refractivity contribution is 6.30. The molecule has 4 heterocycles. The molecule has 1 fully saturated rings. The Bertz CT molecular complexity index is 1530. The van der Waals surface area contributed by atoms with Gasteiger partial charge in [0.05, 0.1) is 0 Å². The summed E-state index contributed by atoms with van der Waals surface area (Å²) in [6, 6.07) is 8.14. The zero-order chi connectivity index (χ0) is 26.3. The Balaban J connectivity index is 2.02. The van der Waals surface area contributed by atoms with E-state index < -0.39 is 41.0 Å². The van der Waals surface area contributed by atoms with Crippen LogP contribution in [0.25, 0.3) is 6.08 Å². The molecule has 0 aromatic carbocycles. The fraction of sp³-hybridized carbons (Fsp3) is 0.208. The number of aromatic hydroxyl groups is 1. The van der Waals surface area contributed by atoms with E-state index in [0.717, 1.165) is 18.9 Å². The van der Waals surface area contributed by atoms with E-state index in [4.69, 9.17) is 0 Å². The van der Waals surface area contributed by atoms with Crippen molar-refractivity contribution >= 4 is 23.9 Å². The first-order valence-corrected chi connectivity index (χ1v) is 10.8. The topological polar surface area (TPSA) is 139 Å². The van der Waals surface area contributed by atoms with Gasteiger partial charge in [0, 0.05) is 52.6 Å². The summed E-state index contributed by atoms with van der Waals surface area (Å²) in [5, 5.41) is 10.9. The monoisotopic (exact) mass is 491 g/mol. The fourth-order valence-corrected chi connectivity index (χ4v) is 4.02. The molecule has 1 unspecified atom stereocenters. The number of carbonyl (C=O) groups is 3. The van der Waals surface area contributed by atoms with Crippen LogP contribution in [0.5, 0.6) is 5.88 Å². The van der Waals surface area contributed by atoms with Crippen LogP contribution in [-0.4, -0.2) is 61.0 Å². The first-order valence-electron chi connectivity index (χ1n) is 10.8. The van der Waals surface area contributed by atoms with Gasteiger partial charge in [0.25, 0.3) is 17.4 Å². The van der Waals surface area contributed by atoms with Crippen molar-refractivity contribution in [3.63, 3.8) is 0 Å². The summed E-state index contributed by atoms with van der Waals surface area (Å²) < 4.78 is 3.36. The van der Waals surface area contributed by atoms with Gasteiger partial charge >= 0.3 is 11.7 Å². The molecule has 184 valence electrons. The molecule has 3 aromatic heterocycles. The van der Waals surface area contributed by atoms with E-state index in [0.29, 0.717) is 11.4 Å². The van der Waals surface area contributed by atoms with E-state index in [-0.39, 0.29) is 11.1 Å². The molecule has 1 aliphatic rings. The van der Waals surface area contributed by atoms with Crippen LogP contribution >= 0.6 is 0 Å². The predicted octanol–water partition coefficient (Wildman–Crippen LogP) is -0.456. The second-order valence-corrected chi connectivity index (χ2v) is 8.20. The number of hydrogen-bond donors (Lipinski definition) is 1. The quantitative estimate of drug-likeness (QED) is 0.296. The zero-order valence-corrected chi connectivity index (χ0v) is 19.9. The fourth-order valence-electron chi connectivity index (χ4n) is 4.02. The Hall–Kier alpha value is -4.87. The number of urea groups is 1. The SMILES string of the molecule is CN1C(=O)C(=Cc2cccc[n+]2C(c2ccccn2)c2c(O)n(C)c(=O)n(C)c2=O)C(=O)N(C)C1=O. The average Bonchev–Trinajstić information content (AvgIpc) is 2.90. The minimum Gasteiger partial charge on any atom is -0.494 e. The first kappa shape index (κ1) is 24.3. The first-order chi connectivity index (χ1) is 17.1. The van der Waals surface area contributed by atoms with E-state index >= 15 is 0 Å². The van der Waals surface area contributed by atoms with Gasteiger partial charge in [0.15, 0.2) is 11.8 Å². The van der Waals surface area contributed by atoms with Crippen LogP contribution < -0.4 is 15.8 Å². The molecule has 3 aromatic rings. The van der Waals surface area contributed by atoms with Crippen LogP contribution in [0.1, 0.15) is 23.0 Å². The maximum atomic E-state index is 13.3. The number of nitrogens with zero attached hydrogens (tertiary/aromatic N) is 6. The highest BCUT2D eigenvalue weighted by Crippen LogP contribution is 2.25. The number of pyridine rings is 2. The summed E-state index contributed by atoms with van der Waals surface area (Å²) in [4.78, 5) is 69.3. The van der Waals surface area contributed by atoms with Crippen LogP contribution in [0, 0.1) is 0 Å². The number of likely N-dealkylation sites (N-methyl/N-ethyl adjacent to an activating group) is 2. The van der Waals surface area contributed by atoms with Crippen LogP contribution in [0.15, 0.2) is 64.0 Å². The lowest BCUT2D eigenvalue weighted by Crippen LogP contribution is -2.53. The maximum absolute atomic E-state index is 13.3. The lowest BCUT2D eigenvalue weighted by Gasteiger charge is -2.28. The third-order valence-corrected chi connectivity index (χ3v) is 6.05. The summed E-state index contributed by atoms with van der Waals surface area (Å²) in [7, 11) is 5.16. The number of aromatic nitrogens is 4. The Morgan fingerprint density at radius 3 is 2.14 bits per heavy atom. The zero-order valence-electron chi connectivity index (χ0n) is 19.9. The Kier molecular flexibility index (Phi) is 6.10. The van der Waals surface area contributed by atoms with E-state index in [9.17, 15) is 29.1 Å². The molecule has 0 spiro atoms. The highest BCUT2D eigenvalue weighted by atomic mass is 16.3. The molecule has 1 N–H and O–H groups in total. The molecular formula is C24H23N6O6+. The van der Waals surface area contributed by atoms with Gasteiger partial charge < -0.3 is 5.11 Å². The molecule has 0 radical (unpaired) electrons. The van der Waals surface area contributed by atoms with E-state index in [1.807, 2.05) is 0 Å². The second kappa shape index (κ2) is 9.06. The van der Waals surface area contributed by atoms with Crippen LogP contribution in [0.4, 0.5) is 4.79 Å². The van der Waals surface area contributed by atoms with Crippen LogP contribution in [-0.2, 0) is 23.7 Å². The van der Waals surface area contributed by atoms with Gasteiger partial charge in [-0.05, 0) is 18.2 Å². The molecule has 1 aliphatic heterocycles. The van der Waals surface area contributed by atoms with Crippen molar-refractivity contribution in [3.8, 4) is 5.88 Å². The number of barbiturate groups is 1. The lowest BCUT2D eigenvalue weighted by atomic mass is 10.0. The molecule has 0 aliphatic carbocycles. The van der Waals surface area contributed by atoms with Gasteiger partial charge in [-0.1, -0.05) is 6.07 Å². The number of rotatable bonds is 4. The molecule has 12 heteroatoms. The van der Waals surface area contributed by atoms with Gasteiger partial charge in [-0.3, -0.25) is 38.3 Å². The minimum absolute atomic E-state index is 0.139. The lowest BCUT2D eigenvalue weighted by molar-refractivity contribution is -0.707. The van der Waals surface area contributed by atoms with E-state index in [1.165, 1.54) is 40.5 Å². The summed E-state index contributed by atoms with van der Waals surface area (Å²) in [5.41, 5.74) is -1.20. The third kappa shape index (κ3) is 3.78. The van der Waals surface area contributed by atoms with Crippen molar-refractivity contribution in [1.82, 2.24) is 23.9 Å². The molecule has 0 bridgehead atoms. The smallest absolute Gasteiger partial charge is 0.333 e. The second-order valence-electron chi connectivity index (χ2n) is 8.20. The maximum Gasteiger partial charge on any atom is 0.333 e. The molecule has 4 amide bonds. The number of imide groups is 2. The van der Waals surface area contributed by atoms with Gasteiger partial charge in [0.2, 0.25) is 17.6 Å². The number of carbonyl (C=O) groups excluding carboxylic acids is 3. The van der Waals surface area contributed by atoms with Crippen molar-refractivity contribution in [2.45, 2.75) is 6.04 Å². The third-order valence-electron chi connectivity index (χ3n) is 6.05. The van der Waals surface area contributed by atoms with Gasteiger partial charge in [-0.15, -0.1) is 0 Å². The molecule has 4 rings (SSSR count). The van der Waals surface area contributed by atoms with Gasteiger partial charge in [0.1, 0.15) is 11.3 Å².